The average Bonchev–Trinajstić information content (AvgIpc) is 3.21. The zero-order chi connectivity index (χ0) is 25.7. The van der Waals surface area contributed by atoms with E-state index in [0.29, 0.717) is 24.3 Å². The Kier molecular flexibility index (Phi) is 15.1. The fraction of sp³-hybridized carbons (Fsp3) is 0.793. The fourth-order valence-electron chi connectivity index (χ4n) is 4.40. The number of allylic oxidation sites excluding steroid dienone is 2. The first-order valence-electron chi connectivity index (χ1n) is 13.7. The second-order valence-corrected chi connectivity index (χ2v) is 11.9. The van der Waals surface area contributed by atoms with Crippen LogP contribution in [0.5, 0.6) is 0 Å². The van der Waals surface area contributed by atoms with Crippen LogP contribution in [0.25, 0.3) is 0 Å². The van der Waals surface area contributed by atoms with Gasteiger partial charge in [0.2, 0.25) is 0 Å². The van der Waals surface area contributed by atoms with Crippen molar-refractivity contribution in [2.24, 2.45) is 34.4 Å². The minimum atomic E-state index is 0.0711. The topological polar surface area (TPSA) is 67.5 Å². The van der Waals surface area contributed by atoms with Gasteiger partial charge < -0.3 is 11.1 Å². The standard InChI is InChI=1S/C29H53N3OS/c1-9-16-34-28-25(19-31-27(28)15-14-26(30)20(4)5)29(33)32-24(18-22(7)11-3)13-12-23(8)17-21(6)10-2/h9,16,20-24,26H,10-15,17-19,30H2,1-8H3,(H,32,33)/b16-9+. The van der Waals surface area contributed by atoms with Crippen molar-refractivity contribution >= 4 is 23.4 Å². The normalized spacial score (nSPS) is 18.8. The van der Waals surface area contributed by atoms with Crippen molar-refractivity contribution in [3.05, 3.63) is 22.0 Å². The lowest BCUT2D eigenvalue weighted by Gasteiger charge is -2.24. The summed E-state index contributed by atoms with van der Waals surface area (Å²) >= 11 is 1.63. The summed E-state index contributed by atoms with van der Waals surface area (Å²) in [5, 5.41) is 5.48. The maximum Gasteiger partial charge on any atom is 0.250 e. The van der Waals surface area contributed by atoms with Crippen molar-refractivity contribution in [1.29, 1.82) is 0 Å². The highest BCUT2D eigenvalue weighted by molar-refractivity contribution is 8.06. The van der Waals surface area contributed by atoms with Crippen molar-refractivity contribution in [3.8, 4) is 0 Å². The number of amides is 1. The average molecular weight is 492 g/mol. The first kappa shape index (κ1) is 31.0. The van der Waals surface area contributed by atoms with Gasteiger partial charge in [-0.25, -0.2) is 0 Å². The summed E-state index contributed by atoms with van der Waals surface area (Å²) in [6, 6.07) is 0.381. The molecular weight excluding hydrogens is 438 g/mol. The van der Waals surface area contributed by atoms with Crippen LogP contribution in [-0.2, 0) is 4.79 Å². The van der Waals surface area contributed by atoms with Gasteiger partial charge in [0.1, 0.15) is 0 Å². The van der Waals surface area contributed by atoms with Crippen LogP contribution in [0, 0.1) is 23.7 Å². The molecule has 5 unspecified atom stereocenters. The van der Waals surface area contributed by atoms with Crippen LogP contribution in [0.15, 0.2) is 27.0 Å². The third-order valence-corrected chi connectivity index (χ3v) is 8.49. The van der Waals surface area contributed by atoms with Crippen molar-refractivity contribution in [3.63, 3.8) is 0 Å². The molecule has 1 heterocycles. The number of hydrogen-bond donors (Lipinski definition) is 2. The quantitative estimate of drug-likeness (QED) is 0.221. The minimum absolute atomic E-state index is 0.0711. The Balaban J connectivity index is 2.91. The largest absolute Gasteiger partial charge is 0.349 e. The van der Waals surface area contributed by atoms with Crippen molar-refractivity contribution < 1.29 is 4.79 Å². The monoisotopic (exact) mass is 491 g/mol. The highest BCUT2D eigenvalue weighted by Gasteiger charge is 2.27. The molecule has 1 amide bonds. The van der Waals surface area contributed by atoms with Crippen molar-refractivity contribution in [1.82, 2.24) is 5.32 Å². The molecule has 0 saturated carbocycles. The molecule has 5 atom stereocenters. The number of hydrogen-bond acceptors (Lipinski definition) is 4. The molecule has 3 N–H and O–H groups in total. The third kappa shape index (κ3) is 11.1. The van der Waals surface area contributed by atoms with E-state index in [1.54, 1.807) is 11.8 Å². The van der Waals surface area contributed by atoms with Gasteiger partial charge in [-0.2, -0.15) is 0 Å². The lowest BCUT2D eigenvalue weighted by molar-refractivity contribution is -0.118. The molecule has 1 rings (SSSR count). The number of aliphatic imine (C=N–C) groups is 1. The van der Waals surface area contributed by atoms with E-state index in [9.17, 15) is 4.79 Å². The Morgan fingerprint density at radius 1 is 1.03 bits per heavy atom. The maximum atomic E-state index is 13.5. The zero-order valence-electron chi connectivity index (χ0n) is 23.3. The van der Waals surface area contributed by atoms with E-state index < -0.39 is 0 Å². The van der Waals surface area contributed by atoms with E-state index in [4.69, 9.17) is 10.7 Å². The second kappa shape index (κ2) is 16.6. The maximum absolute atomic E-state index is 13.5. The van der Waals surface area contributed by atoms with Crippen LogP contribution in [0.4, 0.5) is 0 Å². The van der Waals surface area contributed by atoms with Gasteiger partial charge in [0.05, 0.1) is 12.1 Å². The van der Waals surface area contributed by atoms with Gasteiger partial charge in [0.25, 0.3) is 5.91 Å². The predicted octanol–water partition coefficient (Wildman–Crippen LogP) is 7.50. The lowest BCUT2D eigenvalue weighted by atomic mass is 9.88. The molecule has 0 aromatic carbocycles. The summed E-state index contributed by atoms with van der Waals surface area (Å²) in [6.45, 7) is 18.3. The Morgan fingerprint density at radius 3 is 2.26 bits per heavy atom. The molecule has 1 aliphatic heterocycles. The molecule has 0 bridgehead atoms. The fourth-order valence-corrected chi connectivity index (χ4v) is 5.28. The molecule has 1 aliphatic rings. The van der Waals surface area contributed by atoms with Crippen LogP contribution in [-0.4, -0.2) is 30.2 Å². The van der Waals surface area contributed by atoms with E-state index >= 15 is 0 Å². The van der Waals surface area contributed by atoms with Gasteiger partial charge >= 0.3 is 0 Å². The van der Waals surface area contributed by atoms with Crippen LogP contribution in [0.1, 0.15) is 107 Å². The second-order valence-electron chi connectivity index (χ2n) is 11.0. The summed E-state index contributed by atoms with van der Waals surface area (Å²) in [5.41, 5.74) is 8.16. The van der Waals surface area contributed by atoms with Gasteiger partial charge in [-0.15, -0.1) is 0 Å². The van der Waals surface area contributed by atoms with Gasteiger partial charge in [0, 0.05) is 22.7 Å². The number of nitrogens with one attached hydrogen (secondary N) is 1. The van der Waals surface area contributed by atoms with Crippen molar-refractivity contribution in [2.45, 2.75) is 119 Å². The molecule has 4 nitrogen and oxygen atoms in total. The minimum Gasteiger partial charge on any atom is -0.349 e. The van der Waals surface area contributed by atoms with Gasteiger partial charge in [-0.05, 0) is 74.5 Å². The predicted molar refractivity (Wildman–Crippen MR) is 152 cm³/mol. The highest BCUT2D eigenvalue weighted by Crippen LogP contribution is 2.31. The Morgan fingerprint density at radius 2 is 1.68 bits per heavy atom. The molecule has 0 fully saturated rings. The molecule has 0 radical (unpaired) electrons. The van der Waals surface area contributed by atoms with E-state index in [0.717, 1.165) is 54.2 Å². The van der Waals surface area contributed by atoms with Crippen LogP contribution in [0.3, 0.4) is 0 Å². The number of carbonyl (C=O) groups excluding carboxylic acids is 1. The Bertz CT molecular complexity index is 697. The van der Waals surface area contributed by atoms with E-state index in [1.165, 1.54) is 19.3 Å². The number of carbonyl (C=O) groups is 1. The number of nitrogens with two attached hydrogens (primary N) is 1. The van der Waals surface area contributed by atoms with Crippen molar-refractivity contribution in [2.75, 3.05) is 6.54 Å². The molecule has 34 heavy (non-hydrogen) atoms. The van der Waals surface area contributed by atoms with Crippen LogP contribution < -0.4 is 11.1 Å². The number of thioether (sulfide) groups is 1. The van der Waals surface area contributed by atoms with Crippen LogP contribution >= 0.6 is 11.8 Å². The first-order valence-corrected chi connectivity index (χ1v) is 14.6. The molecule has 0 aromatic rings. The highest BCUT2D eigenvalue weighted by atomic mass is 32.2. The summed E-state index contributed by atoms with van der Waals surface area (Å²) in [6.07, 6.45) is 10.7. The Labute approximate surface area is 215 Å². The summed E-state index contributed by atoms with van der Waals surface area (Å²) in [5.74, 6) is 2.59. The van der Waals surface area contributed by atoms with E-state index in [1.807, 2.05) is 13.0 Å². The molecule has 0 spiro atoms. The molecule has 0 aliphatic carbocycles. The molecule has 5 heteroatoms. The Hall–Kier alpha value is -1.07. The number of nitrogens with zero attached hydrogens (tertiary/aromatic N) is 1. The molecule has 196 valence electrons. The van der Waals surface area contributed by atoms with E-state index in [2.05, 4.69) is 59.2 Å². The third-order valence-electron chi connectivity index (χ3n) is 7.36. The van der Waals surface area contributed by atoms with E-state index in [-0.39, 0.29) is 18.0 Å². The zero-order valence-corrected chi connectivity index (χ0v) is 24.1. The van der Waals surface area contributed by atoms with Gasteiger partial charge in [0.15, 0.2) is 0 Å². The summed E-state index contributed by atoms with van der Waals surface area (Å²) in [7, 11) is 0. The molecular formula is C29H53N3OS. The van der Waals surface area contributed by atoms with Gasteiger partial charge in [-0.1, -0.05) is 79.1 Å². The number of rotatable bonds is 17. The smallest absolute Gasteiger partial charge is 0.250 e. The van der Waals surface area contributed by atoms with Gasteiger partial charge in [-0.3, -0.25) is 9.79 Å². The SMILES string of the molecule is C/C=C/SC1=C(C(=O)NC(CCC(C)CC(C)CC)CC(C)CC)CN=C1CCC(N)C(C)C. The summed E-state index contributed by atoms with van der Waals surface area (Å²) < 4.78 is 0. The van der Waals surface area contributed by atoms with Crippen LogP contribution in [0.2, 0.25) is 0 Å². The lowest BCUT2D eigenvalue weighted by Crippen LogP contribution is -2.38. The first-order chi connectivity index (χ1) is 16.1. The summed E-state index contributed by atoms with van der Waals surface area (Å²) in [4.78, 5) is 19.3. The molecule has 0 saturated heterocycles. The molecule has 0 aromatic heterocycles.